The molecule has 6 rings (SSSR count). The molecular formula is C22H21N5OS2. The van der Waals surface area contributed by atoms with Gasteiger partial charge in [0.2, 0.25) is 0 Å². The first-order valence-corrected chi connectivity index (χ1v) is 12.0. The SMILES string of the molecule is O=C(c1ccc(-c2nc3ccccc3s2)s1)N1CCC(c2nc(C3CC3)n[nH]2)CC1. The molecule has 4 heterocycles. The van der Waals surface area contributed by atoms with E-state index in [0.29, 0.717) is 11.8 Å². The lowest BCUT2D eigenvalue weighted by molar-refractivity contribution is 0.0716. The van der Waals surface area contributed by atoms with Crippen molar-refractivity contribution < 1.29 is 4.79 Å². The molecule has 0 bridgehead atoms. The Hall–Kier alpha value is -2.58. The molecule has 2 aliphatic rings. The predicted octanol–water partition coefficient (Wildman–Crippen LogP) is 5.04. The fourth-order valence-corrected chi connectivity index (χ4v) is 6.05. The van der Waals surface area contributed by atoms with E-state index in [4.69, 9.17) is 9.97 Å². The quantitative estimate of drug-likeness (QED) is 0.487. The third kappa shape index (κ3) is 3.33. The number of fused-ring (bicyclic) bond motifs is 1. The lowest BCUT2D eigenvalue weighted by Gasteiger charge is -2.30. The molecule has 1 aliphatic heterocycles. The molecule has 8 heteroatoms. The third-order valence-corrected chi connectivity index (χ3v) is 8.23. The van der Waals surface area contributed by atoms with Crippen LogP contribution >= 0.6 is 22.7 Å². The van der Waals surface area contributed by atoms with Crippen molar-refractivity contribution >= 4 is 38.8 Å². The number of hydrogen-bond donors (Lipinski definition) is 1. The van der Waals surface area contributed by atoms with Crippen molar-refractivity contribution in [1.29, 1.82) is 0 Å². The molecule has 1 amide bonds. The number of carbonyl (C=O) groups excluding carboxylic acids is 1. The van der Waals surface area contributed by atoms with Crippen LogP contribution in [0.4, 0.5) is 0 Å². The molecule has 0 radical (unpaired) electrons. The highest BCUT2D eigenvalue weighted by molar-refractivity contribution is 7.26. The number of nitrogens with zero attached hydrogens (tertiary/aromatic N) is 4. The van der Waals surface area contributed by atoms with Gasteiger partial charge in [0, 0.05) is 24.9 Å². The summed E-state index contributed by atoms with van der Waals surface area (Å²) in [4.78, 5) is 26.3. The van der Waals surface area contributed by atoms with Crippen molar-refractivity contribution in [1.82, 2.24) is 25.1 Å². The van der Waals surface area contributed by atoms with Gasteiger partial charge < -0.3 is 4.90 Å². The maximum Gasteiger partial charge on any atom is 0.263 e. The van der Waals surface area contributed by atoms with E-state index in [0.717, 1.165) is 57.9 Å². The van der Waals surface area contributed by atoms with Gasteiger partial charge in [-0.15, -0.1) is 22.7 Å². The maximum absolute atomic E-state index is 13.0. The van der Waals surface area contributed by atoms with Gasteiger partial charge >= 0.3 is 0 Å². The standard InChI is InChI=1S/C22H21N5OS2/c28-22(18-8-7-17(29-18)21-23-15-3-1-2-4-16(15)30-21)27-11-9-14(10-12-27)20-24-19(25-26-20)13-5-6-13/h1-4,7-8,13-14H,5-6,9-12H2,(H,24,25,26). The van der Waals surface area contributed by atoms with Gasteiger partial charge in [-0.05, 0) is 49.9 Å². The number of hydrogen-bond acceptors (Lipinski definition) is 6. The van der Waals surface area contributed by atoms with E-state index in [1.165, 1.54) is 17.5 Å². The average molecular weight is 436 g/mol. The van der Waals surface area contributed by atoms with Crippen LogP contribution in [0.3, 0.4) is 0 Å². The van der Waals surface area contributed by atoms with Crippen LogP contribution < -0.4 is 0 Å². The zero-order valence-corrected chi connectivity index (χ0v) is 18.0. The third-order valence-electron chi connectivity index (χ3n) is 5.95. The summed E-state index contributed by atoms with van der Waals surface area (Å²) in [6, 6.07) is 12.1. The number of rotatable bonds is 4. The normalized spacial score (nSPS) is 17.7. The highest BCUT2D eigenvalue weighted by atomic mass is 32.1. The summed E-state index contributed by atoms with van der Waals surface area (Å²) in [5.41, 5.74) is 1.01. The van der Waals surface area contributed by atoms with Crippen molar-refractivity contribution in [2.75, 3.05) is 13.1 Å². The van der Waals surface area contributed by atoms with Crippen molar-refractivity contribution in [3.05, 3.63) is 52.9 Å². The monoisotopic (exact) mass is 435 g/mol. The zero-order valence-electron chi connectivity index (χ0n) is 16.4. The molecule has 6 nitrogen and oxygen atoms in total. The number of benzene rings is 1. The van der Waals surface area contributed by atoms with Gasteiger partial charge in [-0.25, -0.2) is 9.97 Å². The zero-order chi connectivity index (χ0) is 20.1. The van der Waals surface area contributed by atoms with E-state index in [1.54, 1.807) is 22.7 Å². The Kier molecular flexibility index (Phi) is 4.42. The first kappa shape index (κ1) is 18.2. The number of aromatic amines is 1. The second kappa shape index (κ2) is 7.28. The van der Waals surface area contributed by atoms with Crippen LogP contribution in [0.15, 0.2) is 36.4 Å². The lowest BCUT2D eigenvalue weighted by Crippen LogP contribution is -2.37. The molecule has 1 aliphatic carbocycles. The number of H-pyrrole nitrogens is 1. The van der Waals surface area contributed by atoms with Crippen LogP contribution in [0.2, 0.25) is 0 Å². The summed E-state index contributed by atoms with van der Waals surface area (Å²) in [5, 5.41) is 8.50. The number of nitrogens with one attached hydrogen (secondary N) is 1. The maximum atomic E-state index is 13.0. The summed E-state index contributed by atoms with van der Waals surface area (Å²) in [7, 11) is 0. The largest absolute Gasteiger partial charge is 0.338 e. The molecule has 1 saturated heterocycles. The summed E-state index contributed by atoms with van der Waals surface area (Å²) in [6.45, 7) is 1.52. The number of para-hydroxylation sites is 1. The predicted molar refractivity (Wildman–Crippen MR) is 119 cm³/mol. The Morgan fingerprint density at radius 1 is 0.967 bits per heavy atom. The number of carbonyl (C=O) groups is 1. The first-order chi connectivity index (χ1) is 14.7. The van der Waals surface area contributed by atoms with Crippen LogP contribution in [0.25, 0.3) is 20.1 Å². The van der Waals surface area contributed by atoms with E-state index >= 15 is 0 Å². The Bertz CT molecular complexity index is 1180. The fraction of sp³-hybridized carbons (Fsp3) is 0.364. The van der Waals surface area contributed by atoms with Gasteiger partial charge in [0.05, 0.1) is 20.0 Å². The molecule has 1 N–H and O–H groups in total. The van der Waals surface area contributed by atoms with Crippen molar-refractivity contribution in [2.24, 2.45) is 0 Å². The molecule has 1 aromatic carbocycles. The number of piperidine rings is 1. The van der Waals surface area contributed by atoms with Gasteiger partial charge in [-0.3, -0.25) is 9.89 Å². The minimum absolute atomic E-state index is 0.127. The topological polar surface area (TPSA) is 74.8 Å². The Labute approximate surface area is 182 Å². The number of amides is 1. The molecule has 152 valence electrons. The summed E-state index contributed by atoms with van der Waals surface area (Å²) >= 11 is 3.22. The Morgan fingerprint density at radius 2 is 1.80 bits per heavy atom. The second-order valence-electron chi connectivity index (χ2n) is 8.07. The van der Waals surface area contributed by atoms with Crippen molar-refractivity contribution in [3.63, 3.8) is 0 Å². The van der Waals surface area contributed by atoms with Gasteiger partial charge in [-0.2, -0.15) is 5.10 Å². The molecule has 1 saturated carbocycles. The van der Waals surface area contributed by atoms with Crippen LogP contribution in [-0.2, 0) is 0 Å². The summed E-state index contributed by atoms with van der Waals surface area (Å²) in [6.07, 6.45) is 4.29. The fourth-order valence-electron chi connectivity index (χ4n) is 4.05. The van der Waals surface area contributed by atoms with Crippen molar-refractivity contribution in [3.8, 4) is 9.88 Å². The second-order valence-corrected chi connectivity index (χ2v) is 10.2. The van der Waals surface area contributed by atoms with Crippen LogP contribution in [0.1, 0.15) is 58.8 Å². The molecule has 3 aromatic heterocycles. The molecule has 4 aromatic rings. The van der Waals surface area contributed by atoms with Gasteiger partial charge in [0.1, 0.15) is 10.8 Å². The number of thiophene rings is 1. The van der Waals surface area contributed by atoms with Gasteiger partial charge in [0.15, 0.2) is 5.82 Å². The van der Waals surface area contributed by atoms with E-state index < -0.39 is 0 Å². The Balaban J connectivity index is 1.13. The van der Waals surface area contributed by atoms with E-state index in [1.807, 2.05) is 35.2 Å². The first-order valence-electron chi connectivity index (χ1n) is 10.4. The van der Waals surface area contributed by atoms with Crippen LogP contribution in [0, 0.1) is 0 Å². The summed E-state index contributed by atoms with van der Waals surface area (Å²) in [5.74, 6) is 3.04. The lowest BCUT2D eigenvalue weighted by atomic mass is 9.96. The number of likely N-dealkylation sites (tertiary alicyclic amines) is 1. The van der Waals surface area contributed by atoms with Gasteiger partial charge in [-0.1, -0.05) is 12.1 Å². The molecule has 30 heavy (non-hydrogen) atoms. The highest BCUT2D eigenvalue weighted by Crippen LogP contribution is 2.39. The van der Waals surface area contributed by atoms with Crippen LogP contribution in [0.5, 0.6) is 0 Å². The van der Waals surface area contributed by atoms with Crippen molar-refractivity contribution in [2.45, 2.75) is 37.5 Å². The minimum Gasteiger partial charge on any atom is -0.338 e. The molecule has 2 fully saturated rings. The highest BCUT2D eigenvalue weighted by Gasteiger charge is 2.31. The summed E-state index contributed by atoms with van der Waals surface area (Å²) < 4.78 is 1.17. The molecule has 0 spiro atoms. The van der Waals surface area contributed by atoms with Crippen LogP contribution in [-0.4, -0.2) is 44.1 Å². The average Bonchev–Trinajstić information content (AvgIpc) is 3.21. The molecule has 0 atom stereocenters. The minimum atomic E-state index is 0.127. The molecule has 0 unspecified atom stereocenters. The Morgan fingerprint density at radius 3 is 2.60 bits per heavy atom. The van der Waals surface area contributed by atoms with Gasteiger partial charge in [0.25, 0.3) is 5.91 Å². The van der Waals surface area contributed by atoms with E-state index in [9.17, 15) is 4.79 Å². The van der Waals surface area contributed by atoms with E-state index in [2.05, 4.69) is 16.3 Å². The smallest absolute Gasteiger partial charge is 0.263 e. The number of thiazole rings is 1. The number of aromatic nitrogens is 4. The van der Waals surface area contributed by atoms with E-state index in [-0.39, 0.29) is 5.91 Å². The molecular weight excluding hydrogens is 414 g/mol.